The van der Waals surface area contributed by atoms with E-state index in [4.69, 9.17) is 15.5 Å². The average Bonchev–Trinajstić information content (AvgIpc) is 3.50. The average molecular weight is 474 g/mol. The number of allylic oxidation sites excluding steroid dienone is 4. The smallest absolute Gasteiger partial charge is 0.238 e. The van der Waals surface area contributed by atoms with Crippen molar-refractivity contribution >= 4 is 17.1 Å². The van der Waals surface area contributed by atoms with E-state index >= 15 is 0 Å². The predicted octanol–water partition coefficient (Wildman–Crippen LogP) is 5.87. The molecule has 1 aromatic rings. The van der Waals surface area contributed by atoms with Crippen LogP contribution < -0.4 is 20.7 Å². The Morgan fingerprint density at radius 1 is 1.40 bits per heavy atom. The Hall–Kier alpha value is -3.50. The number of ether oxygens (including phenoxy) is 1. The predicted molar refractivity (Wildman–Crippen MR) is 147 cm³/mol. The number of aromatic nitrogens is 1. The Labute approximate surface area is 210 Å². The van der Waals surface area contributed by atoms with Crippen molar-refractivity contribution in [1.29, 1.82) is 0 Å². The van der Waals surface area contributed by atoms with E-state index in [-0.39, 0.29) is 5.41 Å². The highest BCUT2D eigenvalue weighted by Crippen LogP contribution is 2.49. The number of anilines is 1. The van der Waals surface area contributed by atoms with Crippen LogP contribution in [0.25, 0.3) is 5.57 Å². The fraction of sp³-hybridized carbons (Fsp3) is 0.414. The van der Waals surface area contributed by atoms with Gasteiger partial charge in [0.1, 0.15) is 11.5 Å². The molecule has 1 fully saturated rings. The van der Waals surface area contributed by atoms with Gasteiger partial charge in [0.05, 0.1) is 18.5 Å². The van der Waals surface area contributed by atoms with Gasteiger partial charge in [-0.3, -0.25) is 4.99 Å². The van der Waals surface area contributed by atoms with Crippen LogP contribution in [-0.2, 0) is 0 Å². The van der Waals surface area contributed by atoms with Crippen molar-refractivity contribution in [3.63, 3.8) is 0 Å². The maximum Gasteiger partial charge on any atom is 0.238 e. The van der Waals surface area contributed by atoms with E-state index in [0.717, 1.165) is 59.1 Å². The van der Waals surface area contributed by atoms with Crippen molar-refractivity contribution in [2.24, 2.45) is 16.1 Å². The van der Waals surface area contributed by atoms with E-state index in [9.17, 15) is 0 Å². The molecular formula is C29H39N5O. The highest BCUT2D eigenvalue weighted by atomic mass is 16.5. The van der Waals surface area contributed by atoms with Gasteiger partial charge in [-0.15, -0.1) is 5.73 Å². The molecule has 0 spiro atoms. The number of amidine groups is 1. The van der Waals surface area contributed by atoms with E-state index in [1.807, 2.05) is 39.0 Å². The van der Waals surface area contributed by atoms with E-state index in [0.29, 0.717) is 18.8 Å². The number of nitrogens with one attached hydrogen (secondary N) is 1. The second-order valence-corrected chi connectivity index (χ2v) is 9.40. The second kappa shape index (κ2) is 11.3. The topological polar surface area (TPSA) is 75.8 Å². The summed E-state index contributed by atoms with van der Waals surface area (Å²) in [5.41, 5.74) is 16.7. The minimum absolute atomic E-state index is 0.131. The Balaban J connectivity index is 1.72. The van der Waals surface area contributed by atoms with Crippen molar-refractivity contribution < 1.29 is 4.74 Å². The van der Waals surface area contributed by atoms with Gasteiger partial charge in [-0.1, -0.05) is 19.6 Å². The van der Waals surface area contributed by atoms with Crippen molar-refractivity contribution in [2.45, 2.75) is 53.9 Å². The lowest BCUT2D eigenvalue weighted by Gasteiger charge is -2.19. The molecule has 6 nitrogen and oxygen atoms in total. The molecule has 0 unspecified atom stereocenters. The highest BCUT2D eigenvalue weighted by Gasteiger charge is 2.39. The van der Waals surface area contributed by atoms with Crippen molar-refractivity contribution in [3.05, 3.63) is 77.1 Å². The Kier molecular flexibility index (Phi) is 8.42. The summed E-state index contributed by atoms with van der Waals surface area (Å²) >= 11 is 0. The molecule has 1 aromatic heterocycles. The summed E-state index contributed by atoms with van der Waals surface area (Å²) in [6.07, 6.45) is 11.1. The van der Waals surface area contributed by atoms with E-state index in [2.05, 4.69) is 59.7 Å². The van der Waals surface area contributed by atoms with Crippen LogP contribution in [0.5, 0.6) is 5.88 Å². The Bertz CT molecular complexity index is 1160. The molecule has 1 aliphatic heterocycles. The zero-order valence-corrected chi connectivity index (χ0v) is 22.0. The van der Waals surface area contributed by atoms with Gasteiger partial charge in [-0.05, 0) is 88.0 Å². The summed E-state index contributed by atoms with van der Waals surface area (Å²) in [5, 5.41) is 3.34. The first-order valence-corrected chi connectivity index (χ1v) is 12.3. The van der Waals surface area contributed by atoms with Gasteiger partial charge in [0, 0.05) is 30.4 Å². The number of aliphatic imine (C=N–C) groups is 1. The first-order valence-electron chi connectivity index (χ1n) is 12.3. The maximum absolute atomic E-state index is 6.30. The molecule has 2 heterocycles. The third-order valence-corrected chi connectivity index (χ3v) is 6.56. The molecule has 1 saturated carbocycles. The molecule has 186 valence electrons. The van der Waals surface area contributed by atoms with Gasteiger partial charge >= 0.3 is 0 Å². The van der Waals surface area contributed by atoms with Crippen LogP contribution >= 0.6 is 0 Å². The summed E-state index contributed by atoms with van der Waals surface area (Å²) in [6.45, 7) is 15.8. The lowest BCUT2D eigenvalue weighted by Crippen LogP contribution is -2.22. The molecule has 0 aromatic carbocycles. The van der Waals surface area contributed by atoms with Crippen LogP contribution in [0, 0.1) is 5.41 Å². The summed E-state index contributed by atoms with van der Waals surface area (Å²) in [4.78, 5) is 11.5. The van der Waals surface area contributed by atoms with Crippen molar-refractivity contribution in [3.8, 4) is 5.88 Å². The maximum atomic E-state index is 6.30. The van der Waals surface area contributed by atoms with Gasteiger partial charge in [0.25, 0.3) is 0 Å². The minimum Gasteiger partial charge on any atom is -0.479 e. The SMILES string of the molecule is C=C1CN(c2ccc(C(=CC)CC=C=C(C)NC(C=C(N)C3(C)CC3)=NCC)nc2OC)C=C1C. The van der Waals surface area contributed by atoms with Crippen molar-refractivity contribution in [1.82, 2.24) is 10.3 Å². The van der Waals surface area contributed by atoms with Crippen LogP contribution in [0.1, 0.15) is 59.6 Å². The number of nitrogens with two attached hydrogens (primary N) is 1. The highest BCUT2D eigenvalue weighted by molar-refractivity contribution is 5.94. The molecule has 0 atom stereocenters. The second-order valence-electron chi connectivity index (χ2n) is 9.40. The third-order valence-electron chi connectivity index (χ3n) is 6.56. The molecule has 0 saturated heterocycles. The Morgan fingerprint density at radius 2 is 2.14 bits per heavy atom. The molecule has 2 aliphatic rings. The summed E-state index contributed by atoms with van der Waals surface area (Å²) in [7, 11) is 1.66. The lowest BCUT2D eigenvalue weighted by molar-refractivity contribution is 0.398. The van der Waals surface area contributed by atoms with Crippen LogP contribution in [0.15, 0.2) is 76.4 Å². The normalized spacial score (nSPS) is 17.7. The molecular weight excluding hydrogens is 434 g/mol. The van der Waals surface area contributed by atoms with E-state index in [1.54, 1.807) is 7.11 Å². The third kappa shape index (κ3) is 6.55. The molecule has 6 heteroatoms. The number of hydrogen-bond acceptors (Lipinski definition) is 5. The zero-order valence-electron chi connectivity index (χ0n) is 22.0. The molecule has 3 N–H and O–H groups in total. The molecule has 0 bridgehead atoms. The van der Waals surface area contributed by atoms with Crippen molar-refractivity contribution in [2.75, 3.05) is 25.1 Å². The van der Waals surface area contributed by atoms with Gasteiger partial charge in [0.15, 0.2) is 0 Å². The van der Waals surface area contributed by atoms with Gasteiger partial charge in [-0.2, -0.15) is 0 Å². The lowest BCUT2D eigenvalue weighted by atomic mass is 10.1. The minimum atomic E-state index is 0.131. The number of methoxy groups -OCH3 is 1. The summed E-state index contributed by atoms with van der Waals surface area (Å²) < 4.78 is 5.63. The van der Waals surface area contributed by atoms with Gasteiger partial charge in [-0.25, -0.2) is 4.98 Å². The van der Waals surface area contributed by atoms with Crippen LogP contribution in [0.4, 0.5) is 5.69 Å². The summed E-state index contributed by atoms with van der Waals surface area (Å²) in [6, 6.07) is 4.10. The number of rotatable bonds is 9. The van der Waals surface area contributed by atoms with Crippen LogP contribution in [0.3, 0.4) is 0 Å². The molecule has 0 radical (unpaired) electrons. The van der Waals surface area contributed by atoms with E-state index < -0.39 is 0 Å². The Morgan fingerprint density at radius 3 is 2.71 bits per heavy atom. The molecule has 35 heavy (non-hydrogen) atoms. The number of pyridine rings is 1. The first kappa shape index (κ1) is 26.1. The zero-order chi connectivity index (χ0) is 25.6. The first-order chi connectivity index (χ1) is 16.7. The monoisotopic (exact) mass is 473 g/mol. The summed E-state index contributed by atoms with van der Waals surface area (Å²) in [5.74, 6) is 1.38. The van der Waals surface area contributed by atoms with Gasteiger partial charge < -0.3 is 20.7 Å². The van der Waals surface area contributed by atoms with Gasteiger partial charge in [0.2, 0.25) is 5.88 Å². The standard InChI is InChI=1S/C29H39N5O/c1-8-23(24-13-14-25(28(33-24)35-7)34-18-20(3)21(4)19-34)12-10-11-22(5)32-27(31-9-2)17-26(30)29(6)15-16-29/h8,10,13-14,17,19H,3,9,12,15-16,18,30H2,1-2,4-7H3,(H,31,32). The fourth-order valence-electron chi connectivity index (χ4n) is 3.84. The molecule has 0 amide bonds. The fourth-order valence-corrected chi connectivity index (χ4v) is 3.84. The number of nitrogens with zero attached hydrogens (tertiary/aromatic N) is 3. The largest absolute Gasteiger partial charge is 0.479 e. The van der Waals surface area contributed by atoms with E-state index in [1.165, 1.54) is 5.57 Å². The molecule has 3 rings (SSSR count). The molecule has 1 aliphatic carbocycles. The van der Waals surface area contributed by atoms with Crippen LogP contribution in [-0.4, -0.2) is 31.0 Å². The quantitative estimate of drug-likeness (QED) is 0.266. The van der Waals surface area contributed by atoms with Crippen LogP contribution in [0.2, 0.25) is 0 Å². The number of hydrogen-bond donors (Lipinski definition) is 2.